The van der Waals surface area contributed by atoms with Crippen LogP contribution in [-0.4, -0.2) is 47.6 Å². The van der Waals surface area contributed by atoms with E-state index < -0.39 is 0 Å². The second kappa shape index (κ2) is 4.72. The molecule has 0 radical (unpaired) electrons. The highest BCUT2D eigenvalue weighted by Gasteiger charge is 2.17. The van der Waals surface area contributed by atoms with Gasteiger partial charge in [0.1, 0.15) is 6.33 Å². The number of aromatic nitrogens is 6. The molecule has 0 aliphatic heterocycles. The molecule has 0 unspecified atom stereocenters. The monoisotopic (exact) mass is 271 g/mol. The van der Waals surface area contributed by atoms with E-state index in [9.17, 15) is 4.79 Å². The molecule has 3 aromatic heterocycles. The standard InChI is InChI=1S/C12H13N7O/c1-8-10(5-13-12-14-7-17-19(8)12)11(20)18(2)6-9-3-15-16-4-9/h3-5,7H,6H2,1-2H3,(H,15,16). The van der Waals surface area contributed by atoms with Crippen molar-refractivity contribution < 1.29 is 4.79 Å². The van der Waals surface area contributed by atoms with Crippen molar-refractivity contribution in [1.29, 1.82) is 0 Å². The average molecular weight is 271 g/mol. The highest BCUT2D eigenvalue weighted by atomic mass is 16.2. The number of rotatable bonds is 3. The van der Waals surface area contributed by atoms with Crippen LogP contribution in [0, 0.1) is 6.92 Å². The topological polar surface area (TPSA) is 92.1 Å². The molecule has 0 aromatic carbocycles. The summed E-state index contributed by atoms with van der Waals surface area (Å²) in [6.45, 7) is 2.30. The Morgan fingerprint density at radius 3 is 3.00 bits per heavy atom. The zero-order valence-electron chi connectivity index (χ0n) is 11.1. The molecule has 102 valence electrons. The quantitative estimate of drug-likeness (QED) is 0.745. The van der Waals surface area contributed by atoms with Gasteiger partial charge in [0.05, 0.1) is 17.5 Å². The minimum absolute atomic E-state index is 0.117. The zero-order chi connectivity index (χ0) is 14.1. The smallest absolute Gasteiger partial charge is 0.257 e. The summed E-state index contributed by atoms with van der Waals surface area (Å²) in [5.41, 5.74) is 2.17. The van der Waals surface area contributed by atoms with Gasteiger partial charge in [0.15, 0.2) is 0 Å². The number of aromatic amines is 1. The summed E-state index contributed by atoms with van der Waals surface area (Å²) in [6, 6.07) is 0. The maximum atomic E-state index is 12.5. The molecule has 20 heavy (non-hydrogen) atoms. The lowest BCUT2D eigenvalue weighted by atomic mass is 10.2. The third-order valence-corrected chi connectivity index (χ3v) is 3.10. The van der Waals surface area contributed by atoms with Gasteiger partial charge in [0.2, 0.25) is 0 Å². The van der Waals surface area contributed by atoms with Gasteiger partial charge in [-0.3, -0.25) is 9.89 Å². The Balaban J connectivity index is 1.89. The van der Waals surface area contributed by atoms with Crippen LogP contribution in [0.5, 0.6) is 0 Å². The predicted molar refractivity (Wildman–Crippen MR) is 69.9 cm³/mol. The Morgan fingerprint density at radius 2 is 2.25 bits per heavy atom. The summed E-state index contributed by atoms with van der Waals surface area (Å²) >= 11 is 0. The summed E-state index contributed by atoms with van der Waals surface area (Å²) in [5.74, 6) is 0.366. The molecule has 8 nitrogen and oxygen atoms in total. The summed E-state index contributed by atoms with van der Waals surface area (Å²) in [7, 11) is 1.74. The lowest BCUT2D eigenvalue weighted by Gasteiger charge is -2.17. The zero-order valence-corrected chi connectivity index (χ0v) is 11.1. The second-order valence-corrected chi connectivity index (χ2v) is 4.50. The first-order valence-electron chi connectivity index (χ1n) is 6.05. The van der Waals surface area contributed by atoms with Gasteiger partial charge in [-0.1, -0.05) is 0 Å². The molecule has 0 atom stereocenters. The third kappa shape index (κ3) is 2.00. The van der Waals surface area contributed by atoms with Crippen LogP contribution in [0.15, 0.2) is 24.9 Å². The van der Waals surface area contributed by atoms with Gasteiger partial charge in [-0.05, 0) is 6.92 Å². The van der Waals surface area contributed by atoms with Crippen molar-refractivity contribution in [3.8, 4) is 0 Å². The molecule has 0 saturated carbocycles. The first-order chi connectivity index (χ1) is 9.66. The van der Waals surface area contributed by atoms with Gasteiger partial charge < -0.3 is 4.90 Å². The molecule has 0 aliphatic rings. The predicted octanol–water partition coefficient (Wildman–Crippen LogP) is 0.428. The molecular formula is C12H13N7O. The van der Waals surface area contributed by atoms with Crippen molar-refractivity contribution in [2.24, 2.45) is 0 Å². The van der Waals surface area contributed by atoms with Gasteiger partial charge in [-0.25, -0.2) is 9.50 Å². The van der Waals surface area contributed by atoms with Crippen LogP contribution >= 0.6 is 0 Å². The maximum absolute atomic E-state index is 12.5. The number of amides is 1. The lowest BCUT2D eigenvalue weighted by Crippen LogP contribution is -2.27. The van der Waals surface area contributed by atoms with Crippen LogP contribution < -0.4 is 0 Å². The SMILES string of the molecule is Cc1c(C(=O)N(C)Cc2cn[nH]c2)cnc2ncnn12. The van der Waals surface area contributed by atoms with Crippen molar-refractivity contribution in [2.45, 2.75) is 13.5 Å². The summed E-state index contributed by atoms with van der Waals surface area (Å²) in [4.78, 5) is 22.2. The van der Waals surface area contributed by atoms with Gasteiger partial charge in [0.25, 0.3) is 11.7 Å². The molecular weight excluding hydrogens is 258 g/mol. The molecule has 1 N–H and O–H groups in total. The van der Waals surface area contributed by atoms with Crippen LogP contribution in [0.25, 0.3) is 5.78 Å². The van der Waals surface area contributed by atoms with Gasteiger partial charge >= 0.3 is 0 Å². The third-order valence-electron chi connectivity index (χ3n) is 3.10. The van der Waals surface area contributed by atoms with E-state index in [0.717, 1.165) is 11.3 Å². The van der Waals surface area contributed by atoms with E-state index in [0.29, 0.717) is 17.9 Å². The number of carbonyl (C=O) groups is 1. The first kappa shape index (κ1) is 12.3. The molecule has 0 bridgehead atoms. The van der Waals surface area contributed by atoms with Crippen LogP contribution in [-0.2, 0) is 6.54 Å². The number of nitrogens with one attached hydrogen (secondary N) is 1. The average Bonchev–Trinajstić information content (AvgIpc) is 3.09. The molecule has 8 heteroatoms. The fourth-order valence-electron chi connectivity index (χ4n) is 2.02. The molecule has 3 aromatic rings. The fourth-order valence-corrected chi connectivity index (χ4v) is 2.02. The Hall–Kier alpha value is -2.77. The van der Waals surface area contributed by atoms with Crippen LogP contribution in [0.4, 0.5) is 0 Å². The van der Waals surface area contributed by atoms with Crippen molar-refractivity contribution in [3.63, 3.8) is 0 Å². The van der Waals surface area contributed by atoms with Crippen molar-refractivity contribution in [2.75, 3.05) is 7.05 Å². The maximum Gasteiger partial charge on any atom is 0.257 e. The van der Waals surface area contributed by atoms with E-state index in [4.69, 9.17) is 0 Å². The highest BCUT2D eigenvalue weighted by Crippen LogP contribution is 2.11. The van der Waals surface area contributed by atoms with Crippen molar-refractivity contribution >= 4 is 11.7 Å². The van der Waals surface area contributed by atoms with Crippen molar-refractivity contribution in [3.05, 3.63) is 41.7 Å². The van der Waals surface area contributed by atoms with Crippen LogP contribution in [0.2, 0.25) is 0 Å². The van der Waals surface area contributed by atoms with Gasteiger partial charge in [-0.15, -0.1) is 0 Å². The van der Waals surface area contributed by atoms with E-state index >= 15 is 0 Å². The summed E-state index contributed by atoms with van der Waals surface area (Å²) in [5, 5.41) is 10.6. The number of hydrogen-bond acceptors (Lipinski definition) is 5. The molecule has 3 rings (SSSR count). The molecule has 0 fully saturated rings. The summed E-state index contributed by atoms with van der Waals surface area (Å²) in [6.07, 6.45) is 6.40. The van der Waals surface area contributed by atoms with E-state index in [1.807, 2.05) is 6.92 Å². The summed E-state index contributed by atoms with van der Waals surface area (Å²) < 4.78 is 1.55. The number of hydrogen-bond donors (Lipinski definition) is 1. The molecule has 1 amide bonds. The number of nitrogens with zero attached hydrogens (tertiary/aromatic N) is 6. The first-order valence-corrected chi connectivity index (χ1v) is 6.05. The Labute approximate surface area is 114 Å². The van der Waals surface area contributed by atoms with Gasteiger partial charge in [0, 0.05) is 31.5 Å². The van der Waals surface area contributed by atoms with E-state index in [2.05, 4.69) is 25.3 Å². The molecule has 0 saturated heterocycles. The van der Waals surface area contributed by atoms with Crippen LogP contribution in [0.3, 0.4) is 0 Å². The van der Waals surface area contributed by atoms with E-state index in [-0.39, 0.29) is 5.91 Å². The molecule has 0 aliphatic carbocycles. The highest BCUT2D eigenvalue weighted by molar-refractivity contribution is 5.94. The number of aryl methyl sites for hydroxylation is 1. The van der Waals surface area contributed by atoms with E-state index in [1.165, 1.54) is 12.5 Å². The minimum Gasteiger partial charge on any atom is -0.337 e. The van der Waals surface area contributed by atoms with Crippen molar-refractivity contribution in [1.82, 2.24) is 34.7 Å². The fraction of sp³-hybridized carbons (Fsp3) is 0.250. The Bertz CT molecular complexity index is 746. The lowest BCUT2D eigenvalue weighted by molar-refractivity contribution is 0.0783. The second-order valence-electron chi connectivity index (χ2n) is 4.50. The minimum atomic E-state index is -0.117. The Morgan fingerprint density at radius 1 is 1.40 bits per heavy atom. The Kier molecular flexibility index (Phi) is 2.90. The van der Waals surface area contributed by atoms with Crippen LogP contribution in [0.1, 0.15) is 21.6 Å². The number of fused-ring (bicyclic) bond motifs is 1. The number of carbonyl (C=O) groups excluding carboxylic acids is 1. The largest absolute Gasteiger partial charge is 0.337 e. The normalized spacial score (nSPS) is 10.9. The molecule has 3 heterocycles. The van der Waals surface area contributed by atoms with Gasteiger partial charge in [-0.2, -0.15) is 15.2 Å². The molecule has 0 spiro atoms. The van der Waals surface area contributed by atoms with E-state index in [1.54, 1.807) is 28.9 Å². The number of H-pyrrole nitrogens is 1.